The molecule has 2 atom stereocenters. The van der Waals surface area contributed by atoms with Crippen LogP contribution in [-0.4, -0.2) is 22.3 Å². The first kappa shape index (κ1) is 13.0. The lowest BCUT2D eigenvalue weighted by Gasteiger charge is -2.15. The van der Waals surface area contributed by atoms with E-state index in [0.717, 1.165) is 29.1 Å². The lowest BCUT2D eigenvalue weighted by Crippen LogP contribution is -2.17. The highest BCUT2D eigenvalue weighted by molar-refractivity contribution is 7.84. The molecule has 16 heavy (non-hydrogen) atoms. The zero-order chi connectivity index (χ0) is 12.1. The SMILES string of the molecule is Cc1ccc(NC(C)CCS(C)=O)cc1N. The normalized spacial score (nSPS) is 14.4. The van der Waals surface area contributed by atoms with Gasteiger partial charge in [0.2, 0.25) is 0 Å². The average molecular weight is 240 g/mol. The van der Waals surface area contributed by atoms with Gasteiger partial charge in [0.15, 0.2) is 0 Å². The van der Waals surface area contributed by atoms with Crippen LogP contribution < -0.4 is 11.1 Å². The molecule has 0 aliphatic rings. The smallest absolute Gasteiger partial charge is 0.0364 e. The van der Waals surface area contributed by atoms with Gasteiger partial charge in [-0.05, 0) is 38.0 Å². The summed E-state index contributed by atoms with van der Waals surface area (Å²) in [6.45, 7) is 4.08. The summed E-state index contributed by atoms with van der Waals surface area (Å²) in [5.74, 6) is 0.732. The third-order valence-electron chi connectivity index (χ3n) is 2.53. The number of hydrogen-bond acceptors (Lipinski definition) is 3. The fourth-order valence-corrected chi connectivity index (χ4v) is 2.12. The Morgan fingerprint density at radius 2 is 2.19 bits per heavy atom. The summed E-state index contributed by atoms with van der Waals surface area (Å²) in [7, 11) is -0.717. The van der Waals surface area contributed by atoms with Crippen molar-refractivity contribution in [3.05, 3.63) is 23.8 Å². The summed E-state index contributed by atoms with van der Waals surface area (Å²) in [6, 6.07) is 6.27. The molecule has 90 valence electrons. The van der Waals surface area contributed by atoms with Crippen LogP contribution in [0.3, 0.4) is 0 Å². The molecule has 0 radical (unpaired) electrons. The van der Waals surface area contributed by atoms with E-state index >= 15 is 0 Å². The second-order valence-corrected chi connectivity index (χ2v) is 5.74. The maximum absolute atomic E-state index is 11.0. The molecule has 0 aliphatic heterocycles. The van der Waals surface area contributed by atoms with Crippen LogP contribution in [0.25, 0.3) is 0 Å². The van der Waals surface area contributed by atoms with Gasteiger partial charge in [0.05, 0.1) is 0 Å². The number of aryl methyl sites for hydroxylation is 1. The number of nitrogens with one attached hydrogen (secondary N) is 1. The van der Waals surface area contributed by atoms with Crippen LogP contribution in [-0.2, 0) is 10.8 Å². The van der Waals surface area contributed by atoms with Gasteiger partial charge >= 0.3 is 0 Å². The number of nitrogens with two attached hydrogens (primary N) is 1. The zero-order valence-corrected chi connectivity index (χ0v) is 10.9. The fraction of sp³-hybridized carbons (Fsp3) is 0.500. The van der Waals surface area contributed by atoms with E-state index in [-0.39, 0.29) is 0 Å². The van der Waals surface area contributed by atoms with Crippen LogP contribution in [0, 0.1) is 6.92 Å². The van der Waals surface area contributed by atoms with Crippen molar-refractivity contribution in [2.45, 2.75) is 26.3 Å². The van der Waals surface area contributed by atoms with Gasteiger partial charge in [-0.25, -0.2) is 0 Å². The van der Waals surface area contributed by atoms with Gasteiger partial charge in [0, 0.05) is 40.2 Å². The molecule has 4 heteroatoms. The summed E-state index contributed by atoms with van der Waals surface area (Å²) in [5, 5.41) is 3.35. The predicted molar refractivity (Wildman–Crippen MR) is 72.2 cm³/mol. The van der Waals surface area contributed by atoms with Crippen molar-refractivity contribution in [1.82, 2.24) is 0 Å². The van der Waals surface area contributed by atoms with Gasteiger partial charge in [0.1, 0.15) is 0 Å². The third kappa shape index (κ3) is 4.23. The summed E-state index contributed by atoms with van der Waals surface area (Å²) >= 11 is 0. The molecule has 0 saturated carbocycles. The molecule has 2 unspecified atom stereocenters. The second-order valence-electron chi connectivity index (χ2n) is 4.18. The molecule has 0 heterocycles. The highest BCUT2D eigenvalue weighted by atomic mass is 32.2. The molecule has 0 bridgehead atoms. The Morgan fingerprint density at radius 3 is 2.75 bits per heavy atom. The Balaban J connectivity index is 2.52. The molecular weight excluding hydrogens is 220 g/mol. The lowest BCUT2D eigenvalue weighted by molar-refractivity contribution is 0.678. The molecule has 1 aromatic rings. The number of benzene rings is 1. The Hall–Kier alpha value is -1.03. The van der Waals surface area contributed by atoms with E-state index in [1.54, 1.807) is 6.26 Å². The van der Waals surface area contributed by atoms with Crippen molar-refractivity contribution >= 4 is 22.2 Å². The summed E-state index contributed by atoms with van der Waals surface area (Å²) in [5.41, 5.74) is 8.75. The van der Waals surface area contributed by atoms with Crippen LogP contribution >= 0.6 is 0 Å². The van der Waals surface area contributed by atoms with E-state index in [2.05, 4.69) is 12.2 Å². The first-order valence-electron chi connectivity index (χ1n) is 5.41. The van der Waals surface area contributed by atoms with Crippen molar-refractivity contribution in [1.29, 1.82) is 0 Å². The van der Waals surface area contributed by atoms with Gasteiger partial charge in [0.25, 0.3) is 0 Å². The molecule has 0 aliphatic carbocycles. The largest absolute Gasteiger partial charge is 0.398 e. The number of hydrogen-bond donors (Lipinski definition) is 2. The van der Waals surface area contributed by atoms with Crippen LogP contribution in [0.2, 0.25) is 0 Å². The summed E-state index contributed by atoms with van der Waals surface area (Å²) in [6.07, 6.45) is 2.63. The van der Waals surface area contributed by atoms with Gasteiger partial charge in [-0.2, -0.15) is 0 Å². The van der Waals surface area contributed by atoms with Crippen molar-refractivity contribution in [2.75, 3.05) is 23.1 Å². The van der Waals surface area contributed by atoms with E-state index < -0.39 is 10.8 Å². The van der Waals surface area contributed by atoms with E-state index in [1.165, 1.54) is 0 Å². The standard InChI is InChI=1S/C12H20N2OS/c1-9-4-5-11(8-12(9)13)14-10(2)6-7-16(3)15/h4-5,8,10,14H,6-7,13H2,1-3H3. The minimum atomic E-state index is -0.717. The number of nitrogen functional groups attached to an aromatic ring is 1. The van der Waals surface area contributed by atoms with Crippen LogP contribution in [0.4, 0.5) is 11.4 Å². The van der Waals surface area contributed by atoms with Gasteiger partial charge < -0.3 is 11.1 Å². The maximum Gasteiger partial charge on any atom is 0.0364 e. The first-order valence-corrected chi connectivity index (χ1v) is 7.14. The maximum atomic E-state index is 11.0. The number of rotatable bonds is 5. The molecule has 0 saturated heterocycles. The quantitative estimate of drug-likeness (QED) is 0.775. The predicted octanol–water partition coefficient (Wildman–Crippen LogP) is 2.15. The van der Waals surface area contributed by atoms with E-state index in [9.17, 15) is 4.21 Å². The molecular formula is C12H20N2OS. The highest BCUT2D eigenvalue weighted by Gasteiger charge is 2.04. The van der Waals surface area contributed by atoms with Crippen molar-refractivity contribution in [3.8, 4) is 0 Å². The van der Waals surface area contributed by atoms with Gasteiger partial charge in [-0.1, -0.05) is 6.07 Å². The van der Waals surface area contributed by atoms with E-state index in [1.807, 2.05) is 25.1 Å². The molecule has 0 fully saturated rings. The molecule has 0 spiro atoms. The first-order chi connectivity index (χ1) is 7.49. The lowest BCUT2D eigenvalue weighted by atomic mass is 10.1. The van der Waals surface area contributed by atoms with Gasteiger partial charge in [-0.15, -0.1) is 0 Å². The topological polar surface area (TPSA) is 55.1 Å². The molecule has 3 N–H and O–H groups in total. The van der Waals surface area contributed by atoms with E-state index in [0.29, 0.717) is 6.04 Å². The third-order valence-corrected chi connectivity index (χ3v) is 3.34. The Bertz CT molecular complexity index is 379. The van der Waals surface area contributed by atoms with Crippen molar-refractivity contribution in [3.63, 3.8) is 0 Å². The molecule has 1 aromatic carbocycles. The van der Waals surface area contributed by atoms with E-state index in [4.69, 9.17) is 5.73 Å². The highest BCUT2D eigenvalue weighted by Crippen LogP contribution is 2.18. The molecule has 3 nitrogen and oxygen atoms in total. The van der Waals surface area contributed by atoms with Crippen LogP contribution in [0.15, 0.2) is 18.2 Å². The minimum absolute atomic E-state index is 0.311. The number of anilines is 2. The van der Waals surface area contributed by atoms with Crippen LogP contribution in [0.1, 0.15) is 18.9 Å². The van der Waals surface area contributed by atoms with Crippen molar-refractivity contribution < 1.29 is 4.21 Å². The summed E-state index contributed by atoms with van der Waals surface area (Å²) < 4.78 is 11.0. The molecule has 0 aromatic heterocycles. The van der Waals surface area contributed by atoms with Crippen LogP contribution in [0.5, 0.6) is 0 Å². The zero-order valence-electron chi connectivity index (χ0n) is 10.1. The van der Waals surface area contributed by atoms with Crippen molar-refractivity contribution in [2.24, 2.45) is 0 Å². The average Bonchev–Trinajstić information content (AvgIpc) is 2.21. The fourth-order valence-electron chi connectivity index (χ4n) is 1.43. The minimum Gasteiger partial charge on any atom is -0.398 e. The Kier molecular flexibility index (Phi) is 4.80. The molecule has 0 amide bonds. The Morgan fingerprint density at radius 1 is 1.50 bits per heavy atom. The van der Waals surface area contributed by atoms with Gasteiger partial charge in [-0.3, -0.25) is 4.21 Å². The second kappa shape index (κ2) is 5.89. The monoisotopic (exact) mass is 240 g/mol. The summed E-state index contributed by atoms with van der Waals surface area (Å²) in [4.78, 5) is 0. The molecule has 1 rings (SSSR count). The Labute approximate surface area is 99.9 Å².